The molecule has 1 aliphatic carbocycles. The molecule has 0 bridgehead atoms. The van der Waals surface area contributed by atoms with Crippen LogP contribution in [0.25, 0.3) is 44.7 Å². The van der Waals surface area contributed by atoms with Crippen molar-refractivity contribution in [3.8, 4) is 22.8 Å². The molecular weight excluding hydrogens is 468 g/mol. The highest BCUT2D eigenvalue weighted by atomic mass is 16.3. The fraction of sp³-hybridized carbons (Fsp3) is 0.0606. The first kappa shape index (κ1) is 21.1. The van der Waals surface area contributed by atoms with Gasteiger partial charge in [-0.05, 0) is 18.2 Å². The molecular formula is C33H22N4O. The van der Waals surface area contributed by atoms with E-state index in [1.165, 1.54) is 5.56 Å². The molecule has 8 rings (SSSR count). The van der Waals surface area contributed by atoms with Crippen LogP contribution in [0.5, 0.6) is 0 Å². The predicted molar refractivity (Wildman–Crippen MR) is 151 cm³/mol. The number of hydrogen-bond acceptors (Lipinski definition) is 5. The molecule has 0 fully saturated rings. The standard InChI is InChI=1S/C33H22N4O/c1-3-11-21(12-4-1)31-34-32(22-13-5-2-6-14-22)36-33(35-31)37-26-17-9-7-16-25(26)29-27(37)20-19-24-23-15-8-10-18-28(23)38-30(24)29/h1-20,25-26H. The molecule has 0 spiro atoms. The van der Waals surface area contributed by atoms with E-state index >= 15 is 0 Å². The summed E-state index contributed by atoms with van der Waals surface area (Å²) < 4.78 is 6.48. The smallest absolute Gasteiger partial charge is 0.234 e. The maximum atomic E-state index is 6.48. The van der Waals surface area contributed by atoms with Crippen molar-refractivity contribution in [1.29, 1.82) is 0 Å². The van der Waals surface area contributed by atoms with E-state index in [2.05, 4.69) is 53.5 Å². The van der Waals surface area contributed by atoms with Crippen molar-refractivity contribution in [2.75, 3.05) is 4.90 Å². The summed E-state index contributed by atoms with van der Waals surface area (Å²) in [4.78, 5) is 17.2. The Morgan fingerprint density at radius 2 is 1.26 bits per heavy atom. The first-order valence-electron chi connectivity index (χ1n) is 12.8. The Morgan fingerprint density at radius 3 is 2.00 bits per heavy atom. The summed E-state index contributed by atoms with van der Waals surface area (Å²) in [7, 11) is 0. The lowest BCUT2D eigenvalue weighted by atomic mass is 9.90. The Kier molecular flexibility index (Phi) is 4.58. The van der Waals surface area contributed by atoms with Gasteiger partial charge >= 0.3 is 0 Å². The number of para-hydroxylation sites is 1. The van der Waals surface area contributed by atoms with E-state index in [9.17, 15) is 0 Å². The molecule has 5 nitrogen and oxygen atoms in total. The molecule has 0 saturated heterocycles. The largest absolute Gasteiger partial charge is 0.456 e. The van der Waals surface area contributed by atoms with Crippen LogP contribution in [0.3, 0.4) is 0 Å². The summed E-state index contributed by atoms with van der Waals surface area (Å²) in [6, 6.07) is 32.8. The van der Waals surface area contributed by atoms with E-state index in [1.54, 1.807) is 0 Å². The molecule has 2 atom stereocenters. The third kappa shape index (κ3) is 3.15. The first-order chi connectivity index (χ1) is 18.8. The van der Waals surface area contributed by atoms with Crippen molar-refractivity contribution in [1.82, 2.24) is 15.0 Å². The summed E-state index contributed by atoms with van der Waals surface area (Å²) in [5.74, 6) is 2.05. The van der Waals surface area contributed by atoms with Gasteiger partial charge in [0.15, 0.2) is 11.6 Å². The predicted octanol–water partition coefficient (Wildman–Crippen LogP) is 7.83. The number of furan rings is 1. The zero-order chi connectivity index (χ0) is 25.1. The van der Waals surface area contributed by atoms with Crippen molar-refractivity contribution in [3.05, 3.63) is 127 Å². The maximum absolute atomic E-state index is 6.48. The Hall–Kier alpha value is -5.03. The third-order valence-corrected chi connectivity index (χ3v) is 7.46. The highest BCUT2D eigenvalue weighted by molar-refractivity contribution is 6.08. The minimum atomic E-state index is 0.0310. The van der Waals surface area contributed by atoms with E-state index in [0.717, 1.165) is 38.8 Å². The summed E-state index contributed by atoms with van der Waals surface area (Å²) in [6.45, 7) is 0. The molecule has 2 unspecified atom stereocenters. The maximum Gasteiger partial charge on any atom is 0.234 e. The van der Waals surface area contributed by atoms with Gasteiger partial charge in [-0.1, -0.05) is 103 Å². The second-order valence-electron chi connectivity index (χ2n) is 9.64. The van der Waals surface area contributed by atoms with Crippen LogP contribution < -0.4 is 4.90 Å². The summed E-state index contributed by atoms with van der Waals surface area (Å²) in [5, 5.41) is 2.27. The van der Waals surface area contributed by atoms with E-state index in [1.807, 2.05) is 72.8 Å². The van der Waals surface area contributed by atoms with E-state index in [4.69, 9.17) is 19.4 Å². The van der Waals surface area contributed by atoms with Gasteiger partial charge in [-0.25, -0.2) is 4.98 Å². The zero-order valence-corrected chi connectivity index (χ0v) is 20.4. The van der Waals surface area contributed by atoms with Gasteiger partial charge in [0.2, 0.25) is 5.95 Å². The number of nitrogens with zero attached hydrogens (tertiary/aromatic N) is 4. The van der Waals surface area contributed by atoms with Crippen molar-refractivity contribution in [2.45, 2.75) is 12.0 Å². The topological polar surface area (TPSA) is 55.1 Å². The van der Waals surface area contributed by atoms with Crippen LogP contribution in [-0.2, 0) is 0 Å². The first-order valence-corrected chi connectivity index (χ1v) is 12.8. The van der Waals surface area contributed by atoms with E-state index in [0.29, 0.717) is 17.6 Å². The summed E-state index contributed by atoms with van der Waals surface area (Å²) in [6.07, 6.45) is 8.71. The quantitative estimate of drug-likeness (QED) is 0.253. The highest BCUT2D eigenvalue weighted by Gasteiger charge is 2.41. The fourth-order valence-corrected chi connectivity index (χ4v) is 5.75. The van der Waals surface area contributed by atoms with Crippen LogP contribution in [0.4, 0.5) is 11.6 Å². The van der Waals surface area contributed by atoms with Crippen molar-refractivity contribution in [2.24, 2.45) is 0 Å². The van der Waals surface area contributed by atoms with E-state index in [-0.39, 0.29) is 12.0 Å². The average Bonchev–Trinajstić information content (AvgIpc) is 3.53. The van der Waals surface area contributed by atoms with E-state index < -0.39 is 0 Å². The van der Waals surface area contributed by atoms with Gasteiger partial charge in [0, 0.05) is 33.4 Å². The van der Waals surface area contributed by atoms with Crippen molar-refractivity contribution < 1.29 is 4.42 Å². The SMILES string of the molecule is C1=CC2c3c(ccc4c3oc3ccccc34)N(c3nc(-c4ccccc4)nc(-c4ccccc4)n3)C2C=C1. The molecule has 4 aromatic carbocycles. The molecule has 6 aromatic rings. The van der Waals surface area contributed by atoms with Crippen LogP contribution in [0.15, 0.2) is 126 Å². The van der Waals surface area contributed by atoms with Gasteiger partial charge < -0.3 is 9.32 Å². The lowest BCUT2D eigenvalue weighted by Gasteiger charge is -2.27. The lowest BCUT2D eigenvalue weighted by Crippen LogP contribution is -2.30. The Morgan fingerprint density at radius 1 is 0.605 bits per heavy atom. The van der Waals surface area contributed by atoms with Gasteiger partial charge in [0.05, 0.1) is 11.7 Å². The second-order valence-corrected chi connectivity index (χ2v) is 9.64. The van der Waals surface area contributed by atoms with Gasteiger partial charge in [-0.2, -0.15) is 9.97 Å². The summed E-state index contributed by atoms with van der Waals surface area (Å²) >= 11 is 0. The van der Waals surface area contributed by atoms with Crippen molar-refractivity contribution in [3.63, 3.8) is 0 Å². The number of hydrogen-bond donors (Lipinski definition) is 0. The molecule has 1 aliphatic heterocycles. The Labute approximate surface area is 219 Å². The minimum Gasteiger partial charge on any atom is -0.456 e. The summed E-state index contributed by atoms with van der Waals surface area (Å²) in [5.41, 5.74) is 5.98. The number of allylic oxidation sites excluding steroid dienone is 2. The monoisotopic (exact) mass is 490 g/mol. The van der Waals surface area contributed by atoms with Crippen LogP contribution in [0, 0.1) is 0 Å². The lowest BCUT2D eigenvalue weighted by molar-refractivity contribution is 0.655. The molecule has 0 radical (unpaired) electrons. The van der Waals surface area contributed by atoms with Gasteiger partial charge in [0.25, 0.3) is 0 Å². The molecule has 38 heavy (non-hydrogen) atoms. The second kappa shape index (κ2) is 8.25. The molecule has 0 saturated carbocycles. The van der Waals surface area contributed by atoms with Crippen LogP contribution in [-0.4, -0.2) is 21.0 Å². The Balaban J connectivity index is 1.38. The average molecular weight is 491 g/mol. The molecule has 180 valence electrons. The Bertz CT molecular complexity index is 1830. The number of rotatable bonds is 3. The third-order valence-electron chi connectivity index (χ3n) is 7.46. The minimum absolute atomic E-state index is 0.0310. The molecule has 5 heteroatoms. The number of benzene rings is 4. The van der Waals surface area contributed by atoms with Crippen LogP contribution in [0.1, 0.15) is 11.5 Å². The molecule has 0 N–H and O–H groups in total. The normalized spacial score (nSPS) is 17.7. The zero-order valence-electron chi connectivity index (χ0n) is 20.4. The van der Waals surface area contributed by atoms with Crippen molar-refractivity contribution >= 4 is 33.6 Å². The van der Waals surface area contributed by atoms with Gasteiger partial charge in [-0.3, -0.25) is 0 Å². The molecule has 2 aromatic heterocycles. The number of anilines is 2. The highest BCUT2D eigenvalue weighted by Crippen LogP contribution is 2.51. The number of fused-ring (bicyclic) bond motifs is 7. The van der Waals surface area contributed by atoms with Crippen LogP contribution >= 0.6 is 0 Å². The fourth-order valence-electron chi connectivity index (χ4n) is 5.75. The van der Waals surface area contributed by atoms with Gasteiger partial charge in [-0.15, -0.1) is 0 Å². The number of aromatic nitrogens is 3. The molecule has 2 aliphatic rings. The molecule has 0 amide bonds. The van der Waals surface area contributed by atoms with Crippen LogP contribution in [0.2, 0.25) is 0 Å². The van der Waals surface area contributed by atoms with Gasteiger partial charge in [0.1, 0.15) is 11.2 Å². The molecule has 3 heterocycles.